The first-order chi connectivity index (χ1) is 22.9. The molecule has 0 aromatic carbocycles. The first kappa shape index (κ1) is 46.2. The second kappa shape index (κ2) is 35.1. The molecule has 8 nitrogen and oxygen atoms in total. The molecule has 0 heterocycles. The Kier molecular flexibility index (Phi) is 34.5. The van der Waals surface area contributed by atoms with Gasteiger partial charge in [0, 0.05) is 13.0 Å². The van der Waals surface area contributed by atoms with Gasteiger partial charge < -0.3 is 21.1 Å². The van der Waals surface area contributed by atoms with Crippen molar-refractivity contribution in [1.82, 2.24) is 5.32 Å². The largest absolute Gasteiger partial charge is 0.472 e. The molecule has 0 aliphatic rings. The molecule has 0 saturated carbocycles. The number of carbonyl (C=O) groups is 1. The average molecular weight is 689 g/mol. The van der Waals surface area contributed by atoms with Gasteiger partial charge in [-0.15, -0.1) is 0 Å². The van der Waals surface area contributed by atoms with Crippen molar-refractivity contribution in [1.29, 1.82) is 0 Å². The maximum Gasteiger partial charge on any atom is 0.472 e. The van der Waals surface area contributed by atoms with E-state index in [1.165, 1.54) is 116 Å². The van der Waals surface area contributed by atoms with E-state index in [0.29, 0.717) is 12.8 Å². The van der Waals surface area contributed by atoms with Crippen molar-refractivity contribution in [2.45, 2.75) is 206 Å². The van der Waals surface area contributed by atoms with Crippen LogP contribution in [0.2, 0.25) is 0 Å². The first-order valence-electron chi connectivity index (χ1n) is 19.8. The zero-order valence-electron chi connectivity index (χ0n) is 30.8. The molecule has 5 N–H and O–H groups in total. The van der Waals surface area contributed by atoms with Crippen molar-refractivity contribution in [2.24, 2.45) is 5.73 Å². The fourth-order valence-electron chi connectivity index (χ4n) is 5.84. The van der Waals surface area contributed by atoms with Crippen LogP contribution in [0.5, 0.6) is 0 Å². The summed E-state index contributed by atoms with van der Waals surface area (Å²) in [5.74, 6) is -0.170. The Morgan fingerprint density at radius 2 is 1.11 bits per heavy atom. The average Bonchev–Trinajstić information content (AvgIpc) is 3.05. The van der Waals surface area contributed by atoms with E-state index in [-0.39, 0.29) is 25.7 Å². The summed E-state index contributed by atoms with van der Waals surface area (Å²) in [5, 5.41) is 13.7. The van der Waals surface area contributed by atoms with Crippen LogP contribution in [0, 0.1) is 0 Å². The second-order valence-corrected chi connectivity index (χ2v) is 14.9. The third-order valence-electron chi connectivity index (χ3n) is 8.87. The molecular weight excluding hydrogens is 611 g/mol. The predicted octanol–water partition coefficient (Wildman–Crippen LogP) is 10.4. The highest BCUT2D eigenvalue weighted by Crippen LogP contribution is 2.43. The van der Waals surface area contributed by atoms with Gasteiger partial charge in [-0.1, -0.05) is 161 Å². The summed E-state index contributed by atoms with van der Waals surface area (Å²) in [7, 11) is -4.31. The third-order valence-corrected chi connectivity index (χ3v) is 9.85. The van der Waals surface area contributed by atoms with Gasteiger partial charge in [-0.25, -0.2) is 4.57 Å². The van der Waals surface area contributed by atoms with Gasteiger partial charge >= 0.3 is 7.82 Å². The standard InChI is InChI=1S/C38H77N2O6P/c1-3-5-7-9-11-13-15-17-18-19-20-22-24-26-28-30-32-38(42)40-36(35-46-47(43,44)45-34-33-39)37(41)31-29-27-25-23-21-16-14-12-10-8-6-4-2/h18-19,36-37,41H,3-17,20-35,39H2,1-2H3,(H,40,42)(H,43,44)/b19-18-. The molecule has 3 atom stereocenters. The Morgan fingerprint density at radius 3 is 1.57 bits per heavy atom. The predicted molar refractivity (Wildman–Crippen MR) is 198 cm³/mol. The number of unbranched alkanes of at least 4 members (excludes halogenated alkanes) is 23. The number of aliphatic hydroxyl groups excluding tert-OH is 1. The minimum atomic E-state index is -4.31. The number of phosphoric acid groups is 1. The van der Waals surface area contributed by atoms with E-state index < -0.39 is 20.0 Å². The van der Waals surface area contributed by atoms with Gasteiger partial charge in [0.25, 0.3) is 0 Å². The van der Waals surface area contributed by atoms with E-state index in [1.54, 1.807) is 0 Å². The quantitative estimate of drug-likeness (QED) is 0.0290. The van der Waals surface area contributed by atoms with Gasteiger partial charge in [0.15, 0.2) is 0 Å². The lowest BCUT2D eigenvalue weighted by Gasteiger charge is -2.25. The van der Waals surface area contributed by atoms with E-state index in [1.807, 2.05) is 0 Å². The summed E-state index contributed by atoms with van der Waals surface area (Å²) in [4.78, 5) is 22.6. The molecule has 0 aromatic rings. The number of amides is 1. The molecule has 0 fully saturated rings. The van der Waals surface area contributed by atoms with Gasteiger partial charge in [0.2, 0.25) is 5.91 Å². The number of phosphoric ester groups is 1. The van der Waals surface area contributed by atoms with Crippen LogP contribution in [-0.2, 0) is 18.4 Å². The van der Waals surface area contributed by atoms with E-state index in [2.05, 4.69) is 31.3 Å². The lowest BCUT2D eigenvalue weighted by atomic mass is 10.0. The maximum absolute atomic E-state index is 12.7. The number of hydrogen-bond acceptors (Lipinski definition) is 6. The van der Waals surface area contributed by atoms with Gasteiger partial charge in [0.05, 0.1) is 25.4 Å². The fourth-order valence-corrected chi connectivity index (χ4v) is 6.60. The van der Waals surface area contributed by atoms with Crippen molar-refractivity contribution in [2.75, 3.05) is 19.8 Å². The number of allylic oxidation sites excluding steroid dienone is 2. The number of carbonyl (C=O) groups excluding carboxylic acids is 1. The summed E-state index contributed by atoms with van der Waals surface area (Å²) < 4.78 is 22.1. The van der Waals surface area contributed by atoms with E-state index >= 15 is 0 Å². The zero-order chi connectivity index (χ0) is 34.7. The summed E-state index contributed by atoms with van der Waals surface area (Å²) in [6, 6.07) is -0.773. The summed E-state index contributed by atoms with van der Waals surface area (Å²) in [6.45, 7) is 4.19. The second-order valence-electron chi connectivity index (χ2n) is 13.5. The third kappa shape index (κ3) is 33.5. The van der Waals surface area contributed by atoms with Crippen LogP contribution in [0.25, 0.3) is 0 Å². The van der Waals surface area contributed by atoms with Crippen LogP contribution in [0.15, 0.2) is 12.2 Å². The van der Waals surface area contributed by atoms with Crippen LogP contribution in [-0.4, -0.2) is 47.8 Å². The molecule has 9 heteroatoms. The van der Waals surface area contributed by atoms with Crippen LogP contribution >= 0.6 is 7.82 Å². The molecule has 0 spiro atoms. The lowest BCUT2D eigenvalue weighted by Crippen LogP contribution is -2.46. The van der Waals surface area contributed by atoms with Gasteiger partial charge in [-0.05, 0) is 38.5 Å². The molecule has 280 valence electrons. The van der Waals surface area contributed by atoms with Crippen LogP contribution in [0.1, 0.15) is 194 Å². The molecule has 0 aliphatic carbocycles. The van der Waals surface area contributed by atoms with Gasteiger partial charge in [-0.2, -0.15) is 0 Å². The lowest BCUT2D eigenvalue weighted by molar-refractivity contribution is -0.123. The Hall–Kier alpha value is -0.760. The normalized spacial score (nSPS) is 14.4. The number of hydrogen-bond donors (Lipinski definition) is 4. The molecule has 0 aromatic heterocycles. The Balaban J connectivity index is 4.22. The van der Waals surface area contributed by atoms with Crippen molar-refractivity contribution < 1.29 is 28.4 Å². The first-order valence-corrected chi connectivity index (χ1v) is 21.3. The number of rotatable bonds is 37. The van der Waals surface area contributed by atoms with Crippen molar-refractivity contribution >= 4 is 13.7 Å². The molecule has 0 bridgehead atoms. The maximum atomic E-state index is 12.7. The smallest absolute Gasteiger partial charge is 0.391 e. The molecule has 0 aliphatic heterocycles. The van der Waals surface area contributed by atoms with Crippen molar-refractivity contribution in [3.05, 3.63) is 12.2 Å². The number of nitrogens with two attached hydrogens (primary N) is 1. The highest BCUT2D eigenvalue weighted by atomic mass is 31.2. The minimum Gasteiger partial charge on any atom is -0.391 e. The fraction of sp³-hybridized carbons (Fsp3) is 0.921. The molecule has 3 unspecified atom stereocenters. The van der Waals surface area contributed by atoms with Crippen molar-refractivity contribution in [3.8, 4) is 0 Å². The van der Waals surface area contributed by atoms with Crippen molar-refractivity contribution in [3.63, 3.8) is 0 Å². The number of aliphatic hydroxyl groups is 1. The van der Waals surface area contributed by atoms with Gasteiger partial charge in [-0.3, -0.25) is 13.8 Å². The molecular formula is C38H77N2O6P. The Bertz CT molecular complexity index is 754. The Morgan fingerprint density at radius 1 is 0.681 bits per heavy atom. The molecule has 0 radical (unpaired) electrons. The molecule has 0 rings (SSSR count). The van der Waals surface area contributed by atoms with Crippen LogP contribution in [0.3, 0.4) is 0 Å². The zero-order valence-corrected chi connectivity index (χ0v) is 31.7. The van der Waals surface area contributed by atoms with Crippen LogP contribution in [0.4, 0.5) is 0 Å². The SMILES string of the molecule is CCCCCCCCC/C=C\CCCCCCCC(=O)NC(COP(=O)(O)OCCN)C(O)CCCCCCCCCCCCCC. The minimum absolute atomic E-state index is 0.0890. The van der Waals surface area contributed by atoms with Gasteiger partial charge in [0.1, 0.15) is 0 Å². The van der Waals surface area contributed by atoms with E-state index in [0.717, 1.165) is 51.4 Å². The highest BCUT2D eigenvalue weighted by molar-refractivity contribution is 7.47. The number of nitrogens with one attached hydrogen (secondary N) is 1. The van der Waals surface area contributed by atoms with E-state index in [9.17, 15) is 19.4 Å². The molecule has 47 heavy (non-hydrogen) atoms. The molecule has 1 amide bonds. The molecule has 0 saturated heterocycles. The summed E-state index contributed by atoms with van der Waals surface area (Å²) in [5.41, 5.74) is 5.36. The Labute approximate surface area is 290 Å². The summed E-state index contributed by atoms with van der Waals surface area (Å²) >= 11 is 0. The monoisotopic (exact) mass is 689 g/mol. The highest BCUT2D eigenvalue weighted by Gasteiger charge is 2.27. The van der Waals surface area contributed by atoms with Crippen LogP contribution < -0.4 is 11.1 Å². The summed E-state index contributed by atoms with van der Waals surface area (Å²) in [6.07, 6.45) is 36.4. The topological polar surface area (TPSA) is 131 Å². The van der Waals surface area contributed by atoms with E-state index in [4.69, 9.17) is 14.8 Å².